The zero-order valence-corrected chi connectivity index (χ0v) is 16.2. The van der Waals surface area contributed by atoms with Gasteiger partial charge in [0.15, 0.2) is 0 Å². The van der Waals surface area contributed by atoms with Gasteiger partial charge in [-0.3, -0.25) is 24.1 Å². The average molecular weight is 385 g/mol. The molecule has 1 saturated heterocycles. The van der Waals surface area contributed by atoms with Gasteiger partial charge in [0.05, 0.1) is 11.8 Å². The summed E-state index contributed by atoms with van der Waals surface area (Å²) in [7, 11) is 0. The van der Waals surface area contributed by atoms with Crippen molar-refractivity contribution in [3.05, 3.63) is 29.8 Å². The van der Waals surface area contributed by atoms with E-state index in [0.717, 1.165) is 32.1 Å². The van der Waals surface area contributed by atoms with Crippen molar-refractivity contribution in [2.75, 3.05) is 18.4 Å². The highest BCUT2D eigenvalue weighted by molar-refractivity contribution is 6.05. The molecule has 3 rings (SSSR count). The molecular formula is C21H27N3O4. The van der Waals surface area contributed by atoms with E-state index in [2.05, 4.69) is 10.6 Å². The first-order valence-corrected chi connectivity index (χ1v) is 10.0. The van der Waals surface area contributed by atoms with Crippen molar-refractivity contribution in [3.63, 3.8) is 0 Å². The molecule has 7 nitrogen and oxygen atoms in total. The van der Waals surface area contributed by atoms with Crippen molar-refractivity contribution in [2.45, 2.75) is 45.4 Å². The number of nitrogens with zero attached hydrogens (tertiary/aromatic N) is 1. The van der Waals surface area contributed by atoms with Crippen LogP contribution in [0.25, 0.3) is 0 Å². The largest absolute Gasteiger partial charge is 0.352 e. The lowest BCUT2D eigenvalue weighted by atomic mass is 9.81. The van der Waals surface area contributed by atoms with E-state index < -0.39 is 0 Å². The Kier molecular flexibility index (Phi) is 6.44. The summed E-state index contributed by atoms with van der Waals surface area (Å²) in [6, 6.07) is 6.71. The Labute approximate surface area is 164 Å². The lowest BCUT2D eigenvalue weighted by molar-refractivity contribution is -0.140. The van der Waals surface area contributed by atoms with Crippen LogP contribution in [0.2, 0.25) is 0 Å². The molecule has 1 heterocycles. The van der Waals surface area contributed by atoms with Crippen LogP contribution in [-0.2, 0) is 14.4 Å². The topological polar surface area (TPSA) is 95.6 Å². The lowest BCUT2D eigenvalue weighted by Crippen LogP contribution is -2.34. The van der Waals surface area contributed by atoms with E-state index in [-0.39, 0.29) is 48.4 Å². The molecule has 4 amide bonds. The number of hydrogen-bond donors (Lipinski definition) is 2. The van der Waals surface area contributed by atoms with Gasteiger partial charge in [0, 0.05) is 30.8 Å². The van der Waals surface area contributed by atoms with Crippen molar-refractivity contribution >= 4 is 29.3 Å². The van der Waals surface area contributed by atoms with Crippen LogP contribution in [0.3, 0.4) is 0 Å². The summed E-state index contributed by atoms with van der Waals surface area (Å²) in [5, 5.41) is 5.53. The van der Waals surface area contributed by atoms with Crippen molar-refractivity contribution in [1.82, 2.24) is 10.2 Å². The maximum Gasteiger partial charge on any atom is 0.251 e. The quantitative estimate of drug-likeness (QED) is 0.704. The fraction of sp³-hybridized carbons (Fsp3) is 0.524. The molecule has 0 radical (unpaired) electrons. The zero-order chi connectivity index (χ0) is 20.1. The van der Waals surface area contributed by atoms with Gasteiger partial charge in [0.1, 0.15) is 0 Å². The van der Waals surface area contributed by atoms with E-state index in [9.17, 15) is 19.2 Å². The normalized spacial score (nSPS) is 21.4. The monoisotopic (exact) mass is 385 g/mol. The number of benzene rings is 1. The zero-order valence-electron chi connectivity index (χ0n) is 16.2. The van der Waals surface area contributed by atoms with Crippen LogP contribution in [0.5, 0.6) is 0 Å². The summed E-state index contributed by atoms with van der Waals surface area (Å²) < 4.78 is 0. The molecule has 7 heteroatoms. The average Bonchev–Trinajstić information content (AvgIpc) is 2.95. The number of amides is 4. The maximum absolute atomic E-state index is 12.5. The SMILES string of the molecule is CCCNC(=O)c1cccc(NC(=O)CCN2C(=O)C3CCCCC3C2=O)c1. The predicted octanol–water partition coefficient (Wildman–Crippen LogP) is 2.33. The van der Waals surface area contributed by atoms with Crippen molar-refractivity contribution in [1.29, 1.82) is 0 Å². The Balaban J connectivity index is 1.54. The highest BCUT2D eigenvalue weighted by Gasteiger charge is 2.47. The van der Waals surface area contributed by atoms with E-state index >= 15 is 0 Å². The van der Waals surface area contributed by atoms with Crippen LogP contribution in [0.15, 0.2) is 24.3 Å². The lowest BCUT2D eigenvalue weighted by Gasteiger charge is -2.19. The Hall–Kier alpha value is -2.70. The predicted molar refractivity (Wildman–Crippen MR) is 104 cm³/mol. The molecule has 28 heavy (non-hydrogen) atoms. The fourth-order valence-corrected chi connectivity index (χ4v) is 3.97. The third-order valence-electron chi connectivity index (χ3n) is 5.44. The number of nitrogens with one attached hydrogen (secondary N) is 2. The third-order valence-corrected chi connectivity index (χ3v) is 5.44. The molecule has 150 valence electrons. The van der Waals surface area contributed by atoms with Gasteiger partial charge in [-0.05, 0) is 37.5 Å². The Morgan fingerprint density at radius 3 is 2.43 bits per heavy atom. The molecule has 1 aromatic rings. The van der Waals surface area contributed by atoms with Crippen LogP contribution in [0.1, 0.15) is 55.8 Å². The summed E-state index contributed by atoms with van der Waals surface area (Å²) in [6.07, 6.45) is 4.39. The van der Waals surface area contributed by atoms with Gasteiger partial charge < -0.3 is 10.6 Å². The molecule has 0 bridgehead atoms. The number of imide groups is 1. The van der Waals surface area contributed by atoms with Gasteiger partial charge >= 0.3 is 0 Å². The molecule has 1 aliphatic carbocycles. The van der Waals surface area contributed by atoms with Gasteiger partial charge in [-0.15, -0.1) is 0 Å². The summed E-state index contributed by atoms with van der Waals surface area (Å²) >= 11 is 0. The minimum Gasteiger partial charge on any atom is -0.352 e. The van der Waals surface area contributed by atoms with Gasteiger partial charge in [-0.1, -0.05) is 25.8 Å². The molecule has 2 unspecified atom stereocenters. The van der Waals surface area contributed by atoms with Crippen LogP contribution < -0.4 is 10.6 Å². The summed E-state index contributed by atoms with van der Waals surface area (Å²) in [5.74, 6) is -1.12. The van der Waals surface area contributed by atoms with Gasteiger partial charge in [0.2, 0.25) is 17.7 Å². The van der Waals surface area contributed by atoms with Crippen molar-refractivity contribution in [2.24, 2.45) is 11.8 Å². The number of fused-ring (bicyclic) bond motifs is 1. The smallest absolute Gasteiger partial charge is 0.251 e. The Morgan fingerprint density at radius 2 is 1.79 bits per heavy atom. The van der Waals surface area contributed by atoms with Crippen LogP contribution >= 0.6 is 0 Å². The molecular weight excluding hydrogens is 358 g/mol. The molecule has 0 spiro atoms. The first-order valence-electron chi connectivity index (χ1n) is 10.0. The van der Waals surface area contributed by atoms with Gasteiger partial charge in [-0.2, -0.15) is 0 Å². The van der Waals surface area contributed by atoms with Crippen molar-refractivity contribution in [3.8, 4) is 0 Å². The van der Waals surface area contributed by atoms with E-state index in [1.165, 1.54) is 4.90 Å². The highest BCUT2D eigenvalue weighted by atomic mass is 16.2. The molecule has 2 aliphatic rings. The molecule has 2 N–H and O–H groups in total. The second kappa shape index (κ2) is 8.99. The van der Waals surface area contributed by atoms with Crippen molar-refractivity contribution < 1.29 is 19.2 Å². The van der Waals surface area contributed by atoms with Gasteiger partial charge in [-0.25, -0.2) is 0 Å². The maximum atomic E-state index is 12.5. The van der Waals surface area contributed by atoms with E-state index in [1.807, 2.05) is 6.92 Å². The third kappa shape index (κ3) is 4.40. The summed E-state index contributed by atoms with van der Waals surface area (Å²) in [4.78, 5) is 50.5. The molecule has 0 aromatic heterocycles. The molecule has 2 fully saturated rings. The van der Waals surface area contributed by atoms with Crippen LogP contribution in [0.4, 0.5) is 5.69 Å². The van der Waals surface area contributed by atoms with E-state index in [1.54, 1.807) is 24.3 Å². The molecule has 1 saturated carbocycles. The number of likely N-dealkylation sites (tertiary alicyclic amines) is 1. The second-order valence-electron chi connectivity index (χ2n) is 7.46. The minimum absolute atomic E-state index is 0.0448. The van der Waals surface area contributed by atoms with E-state index in [0.29, 0.717) is 17.8 Å². The number of carbonyl (C=O) groups is 4. The van der Waals surface area contributed by atoms with Gasteiger partial charge in [0.25, 0.3) is 5.91 Å². The first kappa shape index (κ1) is 20.0. The molecule has 1 aliphatic heterocycles. The first-order chi connectivity index (χ1) is 13.5. The van der Waals surface area contributed by atoms with E-state index in [4.69, 9.17) is 0 Å². The van der Waals surface area contributed by atoms with Crippen LogP contribution in [-0.4, -0.2) is 41.6 Å². The highest BCUT2D eigenvalue weighted by Crippen LogP contribution is 2.37. The Morgan fingerprint density at radius 1 is 1.11 bits per heavy atom. The summed E-state index contributed by atoms with van der Waals surface area (Å²) in [6.45, 7) is 2.67. The number of rotatable bonds is 7. The number of hydrogen-bond acceptors (Lipinski definition) is 4. The second-order valence-corrected chi connectivity index (χ2v) is 7.46. The molecule has 2 atom stereocenters. The summed E-state index contributed by atoms with van der Waals surface area (Å²) in [5.41, 5.74) is 0.988. The fourth-order valence-electron chi connectivity index (χ4n) is 3.97. The minimum atomic E-state index is -0.290. The Bertz CT molecular complexity index is 753. The van der Waals surface area contributed by atoms with Crippen LogP contribution in [0, 0.1) is 11.8 Å². The standard InChI is InChI=1S/C21H27N3O4/c1-2-11-22-19(26)14-6-5-7-15(13-14)23-18(25)10-12-24-20(27)16-8-3-4-9-17(16)21(24)28/h5-7,13,16-17H,2-4,8-12H2,1H3,(H,22,26)(H,23,25). The molecule has 1 aromatic carbocycles. The number of anilines is 1. The number of carbonyl (C=O) groups excluding carboxylic acids is 4.